The van der Waals surface area contributed by atoms with Crippen LogP contribution >= 0.6 is 0 Å². The Labute approximate surface area is 98.1 Å². The van der Waals surface area contributed by atoms with Gasteiger partial charge in [0.15, 0.2) is 0 Å². The summed E-state index contributed by atoms with van der Waals surface area (Å²) < 4.78 is 0. The standard InChI is InChI=1S/C13H22N2O/c1-5-14-10(2)13(16)11-6-8-12(9-7-11)15(3)4/h6-10,13-14,16H,5H2,1-4H3. The highest BCUT2D eigenvalue weighted by atomic mass is 16.3. The predicted molar refractivity (Wildman–Crippen MR) is 68.9 cm³/mol. The molecule has 3 heteroatoms. The number of rotatable bonds is 5. The molecule has 0 fully saturated rings. The smallest absolute Gasteiger partial charge is 0.0940 e. The molecule has 0 saturated carbocycles. The number of nitrogens with one attached hydrogen (secondary N) is 1. The monoisotopic (exact) mass is 222 g/mol. The van der Waals surface area contributed by atoms with Crippen LogP contribution in [0.2, 0.25) is 0 Å². The minimum atomic E-state index is -0.448. The fraction of sp³-hybridized carbons (Fsp3) is 0.538. The Morgan fingerprint density at radius 3 is 2.25 bits per heavy atom. The van der Waals surface area contributed by atoms with Crippen LogP contribution in [0.4, 0.5) is 5.69 Å². The van der Waals surface area contributed by atoms with E-state index in [9.17, 15) is 5.11 Å². The van der Waals surface area contributed by atoms with Gasteiger partial charge in [0.05, 0.1) is 6.10 Å². The molecule has 0 bridgehead atoms. The zero-order chi connectivity index (χ0) is 12.1. The normalized spacial score (nSPS) is 14.6. The molecule has 90 valence electrons. The van der Waals surface area contributed by atoms with E-state index < -0.39 is 6.10 Å². The minimum Gasteiger partial charge on any atom is -0.387 e. The first-order valence-electron chi connectivity index (χ1n) is 5.75. The fourth-order valence-corrected chi connectivity index (χ4v) is 1.69. The maximum atomic E-state index is 10.1. The lowest BCUT2D eigenvalue weighted by Gasteiger charge is -2.21. The molecule has 2 unspecified atom stereocenters. The maximum Gasteiger partial charge on any atom is 0.0940 e. The Kier molecular flexibility index (Phi) is 4.77. The van der Waals surface area contributed by atoms with E-state index in [0.717, 1.165) is 17.8 Å². The van der Waals surface area contributed by atoms with Crippen molar-refractivity contribution in [3.8, 4) is 0 Å². The van der Waals surface area contributed by atoms with Crippen molar-refractivity contribution < 1.29 is 5.11 Å². The molecule has 1 aromatic rings. The number of benzene rings is 1. The van der Waals surface area contributed by atoms with Crippen molar-refractivity contribution in [2.75, 3.05) is 25.5 Å². The molecule has 3 nitrogen and oxygen atoms in total. The van der Waals surface area contributed by atoms with Gasteiger partial charge in [-0.2, -0.15) is 0 Å². The number of nitrogens with zero attached hydrogens (tertiary/aromatic N) is 1. The molecule has 2 atom stereocenters. The van der Waals surface area contributed by atoms with Crippen molar-refractivity contribution in [1.82, 2.24) is 5.32 Å². The molecule has 0 radical (unpaired) electrons. The van der Waals surface area contributed by atoms with E-state index in [1.165, 1.54) is 0 Å². The van der Waals surface area contributed by atoms with Crippen molar-refractivity contribution in [3.05, 3.63) is 29.8 Å². The average molecular weight is 222 g/mol. The zero-order valence-corrected chi connectivity index (χ0v) is 10.6. The molecular weight excluding hydrogens is 200 g/mol. The van der Waals surface area contributed by atoms with Crippen molar-refractivity contribution in [3.63, 3.8) is 0 Å². The lowest BCUT2D eigenvalue weighted by Crippen LogP contribution is -2.31. The molecule has 1 aromatic carbocycles. The lowest BCUT2D eigenvalue weighted by atomic mass is 10.0. The van der Waals surface area contributed by atoms with E-state index in [1.54, 1.807) is 0 Å². The highest BCUT2D eigenvalue weighted by Gasteiger charge is 2.14. The summed E-state index contributed by atoms with van der Waals surface area (Å²) in [5, 5.41) is 13.3. The number of aliphatic hydroxyl groups is 1. The van der Waals surface area contributed by atoms with E-state index >= 15 is 0 Å². The first-order valence-corrected chi connectivity index (χ1v) is 5.75. The third kappa shape index (κ3) is 3.22. The minimum absolute atomic E-state index is 0.0789. The third-order valence-electron chi connectivity index (χ3n) is 2.75. The van der Waals surface area contributed by atoms with Crippen molar-refractivity contribution in [2.24, 2.45) is 0 Å². The van der Waals surface area contributed by atoms with E-state index in [2.05, 4.69) is 5.32 Å². The topological polar surface area (TPSA) is 35.5 Å². The van der Waals surface area contributed by atoms with Gasteiger partial charge in [-0.25, -0.2) is 0 Å². The first kappa shape index (κ1) is 13.0. The van der Waals surface area contributed by atoms with Gasteiger partial charge in [-0.1, -0.05) is 19.1 Å². The summed E-state index contributed by atoms with van der Waals surface area (Å²) in [7, 11) is 4.01. The van der Waals surface area contributed by atoms with Crippen LogP contribution < -0.4 is 10.2 Å². The van der Waals surface area contributed by atoms with E-state index in [1.807, 2.05) is 57.1 Å². The molecule has 0 saturated heterocycles. The Morgan fingerprint density at radius 1 is 1.25 bits per heavy atom. The van der Waals surface area contributed by atoms with Crippen LogP contribution in [0.15, 0.2) is 24.3 Å². The van der Waals surface area contributed by atoms with Crippen LogP contribution in [0.25, 0.3) is 0 Å². The molecule has 0 aliphatic carbocycles. The molecule has 0 spiro atoms. The van der Waals surface area contributed by atoms with Gasteiger partial charge in [0.25, 0.3) is 0 Å². The number of aliphatic hydroxyl groups excluding tert-OH is 1. The third-order valence-corrected chi connectivity index (χ3v) is 2.75. The lowest BCUT2D eigenvalue weighted by molar-refractivity contribution is 0.137. The Bertz CT molecular complexity index is 308. The molecule has 0 aliphatic heterocycles. The second kappa shape index (κ2) is 5.87. The van der Waals surface area contributed by atoms with Gasteiger partial charge in [-0.3, -0.25) is 0 Å². The van der Waals surface area contributed by atoms with Gasteiger partial charge in [0.2, 0.25) is 0 Å². The van der Waals surface area contributed by atoms with Gasteiger partial charge < -0.3 is 15.3 Å². The summed E-state index contributed by atoms with van der Waals surface area (Å²) in [5.41, 5.74) is 2.10. The first-order chi connectivity index (χ1) is 7.56. The summed E-state index contributed by atoms with van der Waals surface area (Å²) in [6, 6.07) is 8.09. The van der Waals surface area contributed by atoms with Crippen LogP contribution in [-0.4, -0.2) is 31.8 Å². The second-order valence-electron chi connectivity index (χ2n) is 4.28. The largest absolute Gasteiger partial charge is 0.387 e. The van der Waals surface area contributed by atoms with Crippen molar-refractivity contribution in [2.45, 2.75) is 26.0 Å². The molecule has 0 aliphatic rings. The summed E-state index contributed by atoms with van der Waals surface area (Å²) in [5.74, 6) is 0. The highest BCUT2D eigenvalue weighted by molar-refractivity contribution is 5.46. The predicted octanol–water partition coefficient (Wildman–Crippen LogP) is 1.78. The van der Waals surface area contributed by atoms with Crippen LogP contribution in [0.3, 0.4) is 0 Å². The molecular formula is C13H22N2O. The molecule has 1 rings (SSSR count). The summed E-state index contributed by atoms with van der Waals surface area (Å²) in [6.07, 6.45) is -0.448. The summed E-state index contributed by atoms with van der Waals surface area (Å²) in [4.78, 5) is 2.05. The van der Waals surface area contributed by atoms with Crippen molar-refractivity contribution in [1.29, 1.82) is 0 Å². The number of likely N-dealkylation sites (N-methyl/N-ethyl adjacent to an activating group) is 1. The highest BCUT2D eigenvalue weighted by Crippen LogP contribution is 2.20. The SMILES string of the molecule is CCNC(C)C(O)c1ccc(N(C)C)cc1. The molecule has 2 N–H and O–H groups in total. The van der Waals surface area contributed by atoms with Gasteiger partial charge in [-0.05, 0) is 31.2 Å². The van der Waals surface area contributed by atoms with Crippen LogP contribution in [0, 0.1) is 0 Å². The fourth-order valence-electron chi connectivity index (χ4n) is 1.69. The number of anilines is 1. The molecule has 16 heavy (non-hydrogen) atoms. The second-order valence-corrected chi connectivity index (χ2v) is 4.28. The van der Waals surface area contributed by atoms with Gasteiger partial charge >= 0.3 is 0 Å². The Balaban J connectivity index is 2.73. The van der Waals surface area contributed by atoms with E-state index in [0.29, 0.717) is 0 Å². The van der Waals surface area contributed by atoms with Crippen LogP contribution in [0.5, 0.6) is 0 Å². The molecule has 0 amide bonds. The molecule has 0 aromatic heterocycles. The van der Waals surface area contributed by atoms with Gasteiger partial charge in [0, 0.05) is 25.8 Å². The number of hydrogen-bond acceptors (Lipinski definition) is 3. The summed E-state index contributed by atoms with van der Waals surface area (Å²) in [6.45, 7) is 4.90. The quantitative estimate of drug-likeness (QED) is 0.797. The van der Waals surface area contributed by atoms with E-state index in [4.69, 9.17) is 0 Å². The Hall–Kier alpha value is -1.06. The molecule has 0 heterocycles. The van der Waals surface area contributed by atoms with E-state index in [-0.39, 0.29) is 6.04 Å². The van der Waals surface area contributed by atoms with Crippen LogP contribution in [-0.2, 0) is 0 Å². The maximum absolute atomic E-state index is 10.1. The van der Waals surface area contributed by atoms with Crippen LogP contribution in [0.1, 0.15) is 25.5 Å². The average Bonchev–Trinajstić information content (AvgIpc) is 2.28. The number of hydrogen-bond donors (Lipinski definition) is 2. The van der Waals surface area contributed by atoms with Gasteiger partial charge in [-0.15, -0.1) is 0 Å². The van der Waals surface area contributed by atoms with Gasteiger partial charge in [0.1, 0.15) is 0 Å². The van der Waals surface area contributed by atoms with Crippen molar-refractivity contribution >= 4 is 5.69 Å². The Morgan fingerprint density at radius 2 is 1.81 bits per heavy atom. The summed E-state index contributed by atoms with van der Waals surface area (Å²) >= 11 is 0. The zero-order valence-electron chi connectivity index (χ0n) is 10.6.